The molecule has 1 aliphatic heterocycles. The van der Waals surface area contributed by atoms with Gasteiger partial charge in [-0.3, -0.25) is 0 Å². The Hall–Kier alpha value is -1.06. The van der Waals surface area contributed by atoms with Gasteiger partial charge in [0.2, 0.25) is 0 Å². The third-order valence-corrected chi connectivity index (χ3v) is 3.49. The summed E-state index contributed by atoms with van der Waals surface area (Å²) < 4.78 is 11.1. The summed E-state index contributed by atoms with van der Waals surface area (Å²) in [6, 6.07) is 9.05. The minimum absolute atomic E-state index is 0.601. The first-order valence-corrected chi connectivity index (χ1v) is 7.41. The Morgan fingerprint density at radius 1 is 1.21 bits per heavy atom. The Kier molecular flexibility index (Phi) is 6.18. The number of hydrogen-bond donors (Lipinski definition) is 1. The zero-order chi connectivity index (χ0) is 13.3. The number of rotatable bonds is 7. The minimum Gasteiger partial charge on any atom is -0.492 e. The first-order valence-electron chi connectivity index (χ1n) is 7.41. The summed E-state index contributed by atoms with van der Waals surface area (Å²) in [5.74, 6) is 0.966. The fourth-order valence-corrected chi connectivity index (χ4v) is 2.37. The molecule has 0 saturated carbocycles. The molecule has 1 aliphatic rings. The minimum atomic E-state index is 0.601. The van der Waals surface area contributed by atoms with Crippen LogP contribution in [0.3, 0.4) is 0 Å². The van der Waals surface area contributed by atoms with Crippen LogP contribution in [0.25, 0.3) is 0 Å². The van der Waals surface area contributed by atoms with E-state index in [9.17, 15) is 0 Å². The van der Waals surface area contributed by atoms with Gasteiger partial charge in [0.25, 0.3) is 0 Å². The molecule has 19 heavy (non-hydrogen) atoms. The summed E-state index contributed by atoms with van der Waals surface area (Å²) in [6.07, 6.45) is 4.57. The lowest BCUT2D eigenvalue weighted by atomic mass is 10.1. The molecule has 2 rings (SSSR count). The van der Waals surface area contributed by atoms with Crippen LogP contribution in [0.2, 0.25) is 0 Å². The smallest absolute Gasteiger partial charge is 0.119 e. The molecule has 0 unspecified atom stereocenters. The molecule has 1 N–H and O–H groups in total. The highest BCUT2D eigenvalue weighted by Crippen LogP contribution is 2.13. The van der Waals surface area contributed by atoms with Crippen LogP contribution in [0, 0.1) is 0 Å². The molecular formula is C16H25NO2. The normalized spacial score (nSPS) is 16.5. The Morgan fingerprint density at radius 2 is 1.95 bits per heavy atom. The Balaban J connectivity index is 1.62. The molecule has 106 valence electrons. The molecule has 0 spiro atoms. The molecule has 1 aromatic carbocycles. The van der Waals surface area contributed by atoms with Gasteiger partial charge in [-0.05, 0) is 37.0 Å². The first-order chi connectivity index (χ1) is 9.38. The van der Waals surface area contributed by atoms with Crippen LogP contribution in [-0.2, 0) is 11.2 Å². The predicted octanol–water partition coefficient (Wildman–Crippen LogP) is 2.79. The van der Waals surface area contributed by atoms with Crippen molar-refractivity contribution in [2.45, 2.75) is 38.6 Å². The molecule has 1 saturated heterocycles. The average molecular weight is 263 g/mol. The molecule has 1 aromatic rings. The summed E-state index contributed by atoms with van der Waals surface area (Å²) >= 11 is 0. The van der Waals surface area contributed by atoms with Crippen LogP contribution in [0.5, 0.6) is 5.75 Å². The van der Waals surface area contributed by atoms with Gasteiger partial charge >= 0.3 is 0 Å². The first kappa shape index (κ1) is 14.4. The second-order valence-electron chi connectivity index (χ2n) is 5.08. The summed E-state index contributed by atoms with van der Waals surface area (Å²) in [7, 11) is 0. The standard InChI is InChI=1S/C16H25NO2/c1-2-3-14-4-6-16(7-5-14)19-13-10-17-15-8-11-18-12-9-15/h4-7,15,17H,2-3,8-13H2,1H3. The molecule has 3 heteroatoms. The van der Waals surface area contributed by atoms with Crippen molar-refractivity contribution >= 4 is 0 Å². The van der Waals surface area contributed by atoms with Gasteiger partial charge in [0, 0.05) is 25.8 Å². The summed E-state index contributed by atoms with van der Waals surface area (Å²) in [5.41, 5.74) is 1.38. The lowest BCUT2D eigenvalue weighted by Gasteiger charge is -2.23. The molecule has 0 bridgehead atoms. The highest BCUT2D eigenvalue weighted by atomic mass is 16.5. The van der Waals surface area contributed by atoms with Crippen molar-refractivity contribution in [2.24, 2.45) is 0 Å². The zero-order valence-electron chi connectivity index (χ0n) is 11.9. The van der Waals surface area contributed by atoms with E-state index >= 15 is 0 Å². The van der Waals surface area contributed by atoms with Crippen LogP contribution >= 0.6 is 0 Å². The van der Waals surface area contributed by atoms with Crippen molar-refractivity contribution in [2.75, 3.05) is 26.4 Å². The third-order valence-electron chi connectivity index (χ3n) is 3.49. The van der Waals surface area contributed by atoms with Crippen molar-refractivity contribution in [3.8, 4) is 5.75 Å². The lowest BCUT2D eigenvalue weighted by molar-refractivity contribution is 0.0770. The molecule has 3 nitrogen and oxygen atoms in total. The van der Waals surface area contributed by atoms with E-state index in [1.54, 1.807) is 0 Å². The third kappa shape index (κ3) is 5.21. The SMILES string of the molecule is CCCc1ccc(OCCNC2CCOCC2)cc1. The van der Waals surface area contributed by atoms with E-state index in [2.05, 4.69) is 36.5 Å². The van der Waals surface area contributed by atoms with Gasteiger partial charge in [0.05, 0.1) is 0 Å². The molecule has 1 fully saturated rings. The highest BCUT2D eigenvalue weighted by Gasteiger charge is 2.12. The van der Waals surface area contributed by atoms with Gasteiger partial charge in [-0.15, -0.1) is 0 Å². The van der Waals surface area contributed by atoms with Gasteiger partial charge in [0.15, 0.2) is 0 Å². The van der Waals surface area contributed by atoms with E-state index in [-0.39, 0.29) is 0 Å². The zero-order valence-corrected chi connectivity index (χ0v) is 11.9. The van der Waals surface area contributed by atoms with E-state index in [0.717, 1.165) is 51.4 Å². The fourth-order valence-electron chi connectivity index (χ4n) is 2.37. The summed E-state index contributed by atoms with van der Waals surface area (Å²) in [5, 5.41) is 3.52. The largest absolute Gasteiger partial charge is 0.492 e. The van der Waals surface area contributed by atoms with E-state index in [0.29, 0.717) is 6.04 Å². The van der Waals surface area contributed by atoms with Crippen molar-refractivity contribution in [1.29, 1.82) is 0 Å². The van der Waals surface area contributed by atoms with Gasteiger partial charge in [-0.25, -0.2) is 0 Å². The quantitative estimate of drug-likeness (QED) is 0.767. The number of nitrogens with one attached hydrogen (secondary N) is 1. The van der Waals surface area contributed by atoms with Gasteiger partial charge < -0.3 is 14.8 Å². The number of ether oxygens (including phenoxy) is 2. The van der Waals surface area contributed by atoms with Crippen LogP contribution in [-0.4, -0.2) is 32.4 Å². The number of benzene rings is 1. The molecular weight excluding hydrogens is 238 g/mol. The Bertz CT molecular complexity index is 344. The topological polar surface area (TPSA) is 30.5 Å². The molecule has 0 amide bonds. The molecule has 0 aromatic heterocycles. The van der Waals surface area contributed by atoms with E-state index in [1.165, 1.54) is 12.0 Å². The number of hydrogen-bond acceptors (Lipinski definition) is 3. The highest BCUT2D eigenvalue weighted by molar-refractivity contribution is 5.27. The van der Waals surface area contributed by atoms with Crippen LogP contribution in [0.15, 0.2) is 24.3 Å². The maximum atomic E-state index is 5.74. The van der Waals surface area contributed by atoms with Crippen LogP contribution < -0.4 is 10.1 Å². The lowest BCUT2D eigenvalue weighted by Crippen LogP contribution is -2.37. The molecule has 0 atom stereocenters. The fraction of sp³-hybridized carbons (Fsp3) is 0.625. The monoisotopic (exact) mass is 263 g/mol. The second-order valence-corrected chi connectivity index (χ2v) is 5.08. The van der Waals surface area contributed by atoms with E-state index in [1.807, 2.05) is 0 Å². The second kappa shape index (κ2) is 8.18. The van der Waals surface area contributed by atoms with Gasteiger partial charge in [-0.2, -0.15) is 0 Å². The van der Waals surface area contributed by atoms with Crippen molar-refractivity contribution in [3.05, 3.63) is 29.8 Å². The van der Waals surface area contributed by atoms with Gasteiger partial charge in [0.1, 0.15) is 12.4 Å². The Labute approximate surface area is 116 Å². The summed E-state index contributed by atoms with van der Waals surface area (Å²) in [4.78, 5) is 0. The maximum Gasteiger partial charge on any atom is 0.119 e. The predicted molar refractivity (Wildman–Crippen MR) is 77.8 cm³/mol. The van der Waals surface area contributed by atoms with E-state index < -0.39 is 0 Å². The summed E-state index contributed by atoms with van der Waals surface area (Å²) in [6.45, 7) is 5.60. The average Bonchev–Trinajstić information content (AvgIpc) is 2.47. The van der Waals surface area contributed by atoms with E-state index in [4.69, 9.17) is 9.47 Å². The van der Waals surface area contributed by atoms with Crippen molar-refractivity contribution < 1.29 is 9.47 Å². The maximum absolute atomic E-state index is 5.74. The molecule has 0 radical (unpaired) electrons. The van der Waals surface area contributed by atoms with Crippen LogP contribution in [0.1, 0.15) is 31.7 Å². The molecule has 0 aliphatic carbocycles. The van der Waals surface area contributed by atoms with Crippen molar-refractivity contribution in [3.63, 3.8) is 0 Å². The molecule has 1 heterocycles. The van der Waals surface area contributed by atoms with Crippen molar-refractivity contribution in [1.82, 2.24) is 5.32 Å². The van der Waals surface area contributed by atoms with Gasteiger partial charge in [-0.1, -0.05) is 25.5 Å². The Morgan fingerprint density at radius 3 is 2.63 bits per heavy atom. The number of aryl methyl sites for hydroxylation is 1. The van der Waals surface area contributed by atoms with Crippen LogP contribution in [0.4, 0.5) is 0 Å².